The van der Waals surface area contributed by atoms with Crippen molar-refractivity contribution in [3.8, 4) is 0 Å². The van der Waals surface area contributed by atoms with Crippen molar-refractivity contribution >= 4 is 11.8 Å². The van der Waals surface area contributed by atoms with E-state index in [1.54, 1.807) is 19.1 Å². The zero-order chi connectivity index (χ0) is 20.1. The topological polar surface area (TPSA) is 59.1 Å². The predicted molar refractivity (Wildman–Crippen MR) is 105 cm³/mol. The Kier molecular flexibility index (Phi) is 4.79. The lowest BCUT2D eigenvalue weighted by Crippen LogP contribution is -2.45. The Morgan fingerprint density at radius 1 is 1.36 bits per heavy atom. The predicted octanol–water partition coefficient (Wildman–Crippen LogP) is 1.69. The number of carbonyl (C=O) groups is 2. The largest absolute Gasteiger partial charge is 0.383 e. The Hall–Kier alpha value is -2.18. The number of carbonyl (C=O) groups excluding carboxylic acids is 2. The summed E-state index contributed by atoms with van der Waals surface area (Å²) in [6.07, 6.45) is 3.64. The molecule has 28 heavy (non-hydrogen) atoms. The summed E-state index contributed by atoms with van der Waals surface area (Å²) < 4.78 is 11.3. The Morgan fingerprint density at radius 2 is 2.14 bits per heavy atom. The third-order valence-electron chi connectivity index (χ3n) is 6.42. The van der Waals surface area contributed by atoms with Crippen molar-refractivity contribution in [1.29, 1.82) is 0 Å². The Bertz CT molecular complexity index is 836. The fourth-order valence-corrected chi connectivity index (χ4v) is 4.71. The van der Waals surface area contributed by atoms with Crippen LogP contribution >= 0.6 is 0 Å². The summed E-state index contributed by atoms with van der Waals surface area (Å²) in [6.45, 7) is 6.18. The fourth-order valence-electron chi connectivity index (χ4n) is 4.71. The molecule has 0 N–H and O–H groups in total. The van der Waals surface area contributed by atoms with Crippen LogP contribution in [0.25, 0.3) is 0 Å². The van der Waals surface area contributed by atoms with Crippen LogP contribution in [0.1, 0.15) is 16.7 Å². The maximum Gasteiger partial charge on any atom is 0.230 e. The van der Waals surface area contributed by atoms with Crippen molar-refractivity contribution in [2.75, 3.05) is 33.9 Å². The summed E-state index contributed by atoms with van der Waals surface area (Å²) in [6, 6.07) is 6.28. The van der Waals surface area contributed by atoms with Crippen LogP contribution in [0, 0.1) is 25.7 Å². The summed E-state index contributed by atoms with van der Waals surface area (Å²) in [5.41, 5.74) is 2.89. The van der Waals surface area contributed by atoms with E-state index in [1.807, 2.05) is 17.1 Å². The minimum atomic E-state index is -0.663. The maximum absolute atomic E-state index is 13.3. The van der Waals surface area contributed by atoms with Gasteiger partial charge in [0.2, 0.25) is 11.8 Å². The van der Waals surface area contributed by atoms with Gasteiger partial charge in [-0.25, -0.2) is 0 Å². The molecule has 2 fully saturated rings. The van der Waals surface area contributed by atoms with Crippen molar-refractivity contribution < 1.29 is 19.1 Å². The van der Waals surface area contributed by atoms with E-state index < -0.39 is 17.4 Å². The van der Waals surface area contributed by atoms with Gasteiger partial charge in [0.15, 0.2) is 0 Å². The molecule has 6 heteroatoms. The number of fused-ring (bicyclic) bond motifs is 1. The van der Waals surface area contributed by atoms with E-state index in [1.165, 1.54) is 11.1 Å². The van der Waals surface area contributed by atoms with Crippen LogP contribution in [0.15, 0.2) is 30.4 Å². The molecular formula is C22H28N2O4. The Labute approximate surface area is 166 Å². The minimum absolute atomic E-state index is 0.0172. The molecule has 2 amide bonds. The molecule has 1 spiro atoms. The number of methoxy groups -OCH3 is 1. The first-order valence-corrected chi connectivity index (χ1v) is 9.82. The van der Waals surface area contributed by atoms with E-state index in [0.717, 1.165) is 5.56 Å². The molecule has 0 aromatic heterocycles. The molecule has 3 heterocycles. The Morgan fingerprint density at radius 3 is 2.86 bits per heavy atom. The van der Waals surface area contributed by atoms with E-state index in [4.69, 9.17) is 9.47 Å². The molecular weight excluding hydrogens is 356 g/mol. The lowest BCUT2D eigenvalue weighted by atomic mass is 9.76. The molecule has 0 aliphatic carbocycles. The number of aryl methyl sites for hydroxylation is 2. The smallest absolute Gasteiger partial charge is 0.230 e. The number of likely N-dealkylation sites (N-methyl/N-ethyl adjacent to an activating group) is 1. The molecule has 4 rings (SSSR count). The van der Waals surface area contributed by atoms with Gasteiger partial charge >= 0.3 is 0 Å². The molecule has 4 atom stereocenters. The van der Waals surface area contributed by atoms with Gasteiger partial charge in [0.25, 0.3) is 0 Å². The van der Waals surface area contributed by atoms with E-state index in [0.29, 0.717) is 26.2 Å². The van der Waals surface area contributed by atoms with Crippen molar-refractivity contribution in [2.45, 2.75) is 32.1 Å². The number of ether oxygens (including phenoxy) is 2. The number of hydrogen-bond acceptors (Lipinski definition) is 4. The quantitative estimate of drug-likeness (QED) is 0.701. The van der Waals surface area contributed by atoms with Crippen LogP contribution < -0.4 is 0 Å². The van der Waals surface area contributed by atoms with Crippen molar-refractivity contribution in [2.24, 2.45) is 11.8 Å². The second-order valence-electron chi connectivity index (χ2n) is 8.27. The van der Waals surface area contributed by atoms with Gasteiger partial charge in [-0.2, -0.15) is 0 Å². The van der Waals surface area contributed by atoms with Gasteiger partial charge in [-0.1, -0.05) is 30.4 Å². The van der Waals surface area contributed by atoms with Crippen LogP contribution in [-0.4, -0.2) is 67.2 Å². The van der Waals surface area contributed by atoms with Gasteiger partial charge in [0.1, 0.15) is 5.60 Å². The highest BCUT2D eigenvalue weighted by molar-refractivity contribution is 5.93. The van der Waals surface area contributed by atoms with Gasteiger partial charge in [0.05, 0.1) is 31.1 Å². The second-order valence-corrected chi connectivity index (χ2v) is 8.27. The van der Waals surface area contributed by atoms with Crippen LogP contribution in [0.2, 0.25) is 0 Å². The summed E-state index contributed by atoms with van der Waals surface area (Å²) >= 11 is 0. The highest BCUT2D eigenvalue weighted by atomic mass is 16.5. The molecule has 150 valence electrons. The Balaban J connectivity index is 1.54. The molecule has 6 nitrogen and oxygen atoms in total. The van der Waals surface area contributed by atoms with Crippen molar-refractivity contribution in [3.63, 3.8) is 0 Å². The van der Waals surface area contributed by atoms with E-state index in [2.05, 4.69) is 32.0 Å². The molecule has 3 aliphatic rings. The molecule has 0 unspecified atom stereocenters. The number of benzene rings is 1. The maximum atomic E-state index is 13.3. The summed E-state index contributed by atoms with van der Waals surface area (Å²) in [4.78, 5) is 29.8. The van der Waals surface area contributed by atoms with Crippen molar-refractivity contribution in [1.82, 2.24) is 9.80 Å². The monoisotopic (exact) mass is 384 g/mol. The van der Waals surface area contributed by atoms with E-state index >= 15 is 0 Å². The van der Waals surface area contributed by atoms with Gasteiger partial charge in [-0.3, -0.25) is 9.59 Å². The molecule has 0 radical (unpaired) electrons. The summed E-state index contributed by atoms with van der Waals surface area (Å²) in [5, 5.41) is 0. The average Bonchev–Trinajstić information content (AvgIpc) is 3.30. The molecule has 1 aromatic rings. The fraction of sp³-hybridized carbons (Fsp3) is 0.545. The van der Waals surface area contributed by atoms with E-state index in [-0.39, 0.29) is 17.9 Å². The number of rotatable bonds is 6. The van der Waals surface area contributed by atoms with Crippen LogP contribution in [0.4, 0.5) is 0 Å². The standard InChI is InChI=1S/C22H28N2O4/c1-14-5-6-16(11-15(14)2)12-24-13-22-8-7-17(28-22)18(19(22)21(24)26)20(25)23(3)9-10-27-4/h5-8,11,17-19H,9-10,12-13H2,1-4H3/t17-,18+,19-,22-/m0/s1. The van der Waals surface area contributed by atoms with Crippen LogP contribution in [-0.2, 0) is 25.6 Å². The normalized spacial score (nSPS) is 30.2. The minimum Gasteiger partial charge on any atom is -0.383 e. The van der Waals surface area contributed by atoms with Crippen molar-refractivity contribution in [3.05, 3.63) is 47.0 Å². The first-order valence-electron chi connectivity index (χ1n) is 9.82. The molecule has 0 saturated carbocycles. The lowest BCUT2D eigenvalue weighted by molar-refractivity contribution is -0.142. The first kappa shape index (κ1) is 19.2. The molecule has 1 aromatic carbocycles. The highest BCUT2D eigenvalue weighted by Gasteiger charge is 2.67. The van der Waals surface area contributed by atoms with Gasteiger partial charge in [0, 0.05) is 27.2 Å². The SMILES string of the molecule is COCCN(C)C(=O)[C@@H]1[C@@H]2C=C[C@@]3(CN(Cc4ccc(C)c(C)c4)C(=O)[C@H]13)O2. The van der Waals surface area contributed by atoms with Gasteiger partial charge < -0.3 is 19.3 Å². The lowest BCUT2D eigenvalue weighted by Gasteiger charge is -2.27. The number of amides is 2. The zero-order valence-corrected chi connectivity index (χ0v) is 17.0. The molecule has 3 aliphatic heterocycles. The van der Waals surface area contributed by atoms with E-state index in [9.17, 15) is 9.59 Å². The number of hydrogen-bond donors (Lipinski definition) is 0. The summed E-state index contributed by atoms with van der Waals surface area (Å²) in [7, 11) is 3.37. The summed E-state index contributed by atoms with van der Waals surface area (Å²) in [5.74, 6) is -0.918. The van der Waals surface area contributed by atoms with Crippen LogP contribution in [0.3, 0.4) is 0 Å². The zero-order valence-electron chi connectivity index (χ0n) is 17.0. The third kappa shape index (κ3) is 2.95. The van der Waals surface area contributed by atoms with Gasteiger partial charge in [-0.05, 0) is 30.5 Å². The third-order valence-corrected chi connectivity index (χ3v) is 6.42. The molecule has 2 saturated heterocycles. The number of likely N-dealkylation sites (tertiary alicyclic amines) is 1. The number of nitrogens with zero attached hydrogens (tertiary/aromatic N) is 2. The average molecular weight is 384 g/mol. The van der Waals surface area contributed by atoms with Gasteiger partial charge in [-0.15, -0.1) is 0 Å². The molecule has 2 bridgehead atoms. The second kappa shape index (κ2) is 7.01. The highest BCUT2D eigenvalue weighted by Crippen LogP contribution is 2.52. The first-order chi connectivity index (χ1) is 13.4. The van der Waals surface area contributed by atoms with Crippen LogP contribution in [0.5, 0.6) is 0 Å².